The molecule has 0 aliphatic carbocycles. The SMILES string of the molecule is CCOc1cccc(NC(=O)CN(c2cccc(Br)c2)S(C)(=O)=O)c1. The van der Waals surface area contributed by atoms with Gasteiger partial charge in [0.1, 0.15) is 12.3 Å². The summed E-state index contributed by atoms with van der Waals surface area (Å²) in [4.78, 5) is 12.3. The average molecular weight is 427 g/mol. The summed E-state index contributed by atoms with van der Waals surface area (Å²) in [5.74, 6) is 0.186. The molecule has 0 aliphatic heterocycles. The van der Waals surface area contributed by atoms with E-state index < -0.39 is 15.9 Å². The number of amides is 1. The lowest BCUT2D eigenvalue weighted by molar-refractivity contribution is -0.114. The van der Waals surface area contributed by atoms with E-state index in [1.807, 2.05) is 6.92 Å². The second kappa shape index (κ2) is 8.35. The Morgan fingerprint density at radius 3 is 2.56 bits per heavy atom. The van der Waals surface area contributed by atoms with Gasteiger partial charge in [0.15, 0.2) is 0 Å². The number of sulfonamides is 1. The van der Waals surface area contributed by atoms with Gasteiger partial charge >= 0.3 is 0 Å². The van der Waals surface area contributed by atoms with Crippen LogP contribution < -0.4 is 14.4 Å². The number of ether oxygens (including phenoxy) is 1. The van der Waals surface area contributed by atoms with Gasteiger partial charge in [-0.25, -0.2) is 8.42 Å². The maximum Gasteiger partial charge on any atom is 0.245 e. The maximum absolute atomic E-state index is 12.3. The van der Waals surface area contributed by atoms with Gasteiger partial charge in [0, 0.05) is 16.2 Å². The van der Waals surface area contributed by atoms with Crippen LogP contribution in [-0.4, -0.2) is 33.7 Å². The Morgan fingerprint density at radius 2 is 1.92 bits per heavy atom. The lowest BCUT2D eigenvalue weighted by Crippen LogP contribution is -2.37. The van der Waals surface area contributed by atoms with Crippen LogP contribution in [0.5, 0.6) is 5.75 Å². The molecule has 0 radical (unpaired) electrons. The smallest absolute Gasteiger partial charge is 0.245 e. The predicted molar refractivity (Wildman–Crippen MR) is 103 cm³/mol. The zero-order valence-electron chi connectivity index (χ0n) is 13.9. The third-order valence-electron chi connectivity index (χ3n) is 3.21. The summed E-state index contributed by atoms with van der Waals surface area (Å²) < 4.78 is 31.3. The Morgan fingerprint density at radius 1 is 1.20 bits per heavy atom. The molecule has 0 aliphatic rings. The standard InChI is InChI=1S/C17H19BrN2O4S/c1-3-24-16-9-5-7-14(11-16)19-17(21)12-20(25(2,22)23)15-8-4-6-13(18)10-15/h4-11H,3,12H2,1-2H3,(H,19,21). The third-order valence-corrected chi connectivity index (χ3v) is 4.85. The lowest BCUT2D eigenvalue weighted by atomic mass is 10.3. The van der Waals surface area contributed by atoms with Gasteiger partial charge in [0.25, 0.3) is 0 Å². The van der Waals surface area contributed by atoms with Crippen LogP contribution in [0.2, 0.25) is 0 Å². The zero-order valence-corrected chi connectivity index (χ0v) is 16.3. The van der Waals surface area contributed by atoms with Crippen molar-refractivity contribution in [2.24, 2.45) is 0 Å². The molecule has 1 amide bonds. The number of nitrogens with zero attached hydrogens (tertiary/aromatic N) is 1. The summed E-state index contributed by atoms with van der Waals surface area (Å²) in [6, 6.07) is 13.7. The quantitative estimate of drug-likeness (QED) is 0.736. The number of carbonyl (C=O) groups excluding carboxylic acids is 1. The van der Waals surface area contributed by atoms with Crippen LogP contribution >= 0.6 is 15.9 Å². The number of halogens is 1. The lowest BCUT2D eigenvalue weighted by Gasteiger charge is -2.22. The molecule has 0 bridgehead atoms. The molecule has 8 heteroatoms. The molecular formula is C17H19BrN2O4S. The fourth-order valence-corrected chi connectivity index (χ4v) is 3.43. The van der Waals surface area contributed by atoms with Crippen LogP contribution in [0.1, 0.15) is 6.92 Å². The molecule has 25 heavy (non-hydrogen) atoms. The molecule has 2 rings (SSSR count). The molecule has 0 fully saturated rings. The highest BCUT2D eigenvalue weighted by atomic mass is 79.9. The molecule has 2 aromatic rings. The fraction of sp³-hybridized carbons (Fsp3) is 0.235. The molecule has 0 spiro atoms. The van der Waals surface area contributed by atoms with Crippen molar-refractivity contribution in [1.29, 1.82) is 0 Å². The Hall–Kier alpha value is -2.06. The monoisotopic (exact) mass is 426 g/mol. The Kier molecular flexibility index (Phi) is 6.44. The first-order valence-corrected chi connectivity index (χ1v) is 10.2. The normalized spacial score (nSPS) is 11.0. The maximum atomic E-state index is 12.3. The van der Waals surface area contributed by atoms with Gasteiger partial charge < -0.3 is 10.1 Å². The number of benzene rings is 2. The first-order valence-electron chi connectivity index (χ1n) is 7.55. The van der Waals surface area contributed by atoms with Gasteiger partial charge in [0.05, 0.1) is 18.6 Å². The largest absolute Gasteiger partial charge is 0.494 e. The Balaban J connectivity index is 2.16. The number of hydrogen-bond donors (Lipinski definition) is 1. The van der Waals surface area contributed by atoms with Crippen LogP contribution in [0.25, 0.3) is 0 Å². The fourth-order valence-electron chi connectivity index (χ4n) is 2.19. The van der Waals surface area contributed by atoms with Crippen LogP contribution in [-0.2, 0) is 14.8 Å². The molecular weight excluding hydrogens is 408 g/mol. The summed E-state index contributed by atoms with van der Waals surface area (Å²) >= 11 is 3.30. The Labute approximate surface area is 156 Å². The van der Waals surface area contributed by atoms with Gasteiger partial charge in [-0.1, -0.05) is 28.1 Å². The zero-order chi connectivity index (χ0) is 18.4. The second-order valence-electron chi connectivity index (χ2n) is 5.26. The molecule has 0 atom stereocenters. The van der Waals surface area contributed by atoms with Crippen LogP contribution in [0, 0.1) is 0 Å². The predicted octanol–water partition coefficient (Wildman–Crippen LogP) is 3.25. The van der Waals surface area contributed by atoms with Gasteiger partial charge in [0.2, 0.25) is 15.9 Å². The van der Waals surface area contributed by atoms with Crippen molar-refractivity contribution in [3.8, 4) is 5.75 Å². The van der Waals surface area contributed by atoms with Crippen molar-refractivity contribution in [3.63, 3.8) is 0 Å². The summed E-state index contributed by atoms with van der Waals surface area (Å²) in [5, 5.41) is 2.69. The van der Waals surface area contributed by atoms with Crippen molar-refractivity contribution in [2.45, 2.75) is 6.92 Å². The molecule has 6 nitrogen and oxygen atoms in total. The summed E-state index contributed by atoms with van der Waals surface area (Å²) in [6.07, 6.45) is 1.07. The second-order valence-corrected chi connectivity index (χ2v) is 8.08. The van der Waals surface area contributed by atoms with E-state index in [0.29, 0.717) is 23.7 Å². The number of rotatable bonds is 7. The third kappa shape index (κ3) is 5.75. The molecule has 0 aromatic heterocycles. The van der Waals surface area contributed by atoms with Crippen LogP contribution in [0.15, 0.2) is 53.0 Å². The molecule has 134 valence electrons. The topological polar surface area (TPSA) is 75.7 Å². The number of hydrogen-bond acceptors (Lipinski definition) is 4. The van der Waals surface area contributed by atoms with Gasteiger partial charge in [-0.3, -0.25) is 9.10 Å². The summed E-state index contributed by atoms with van der Waals surface area (Å²) in [7, 11) is -3.61. The summed E-state index contributed by atoms with van der Waals surface area (Å²) in [5.41, 5.74) is 0.953. The van der Waals surface area contributed by atoms with E-state index in [-0.39, 0.29) is 6.54 Å². The number of carbonyl (C=O) groups is 1. The van der Waals surface area contributed by atoms with E-state index in [9.17, 15) is 13.2 Å². The van der Waals surface area contributed by atoms with Crippen molar-refractivity contribution in [3.05, 3.63) is 53.0 Å². The Bertz CT molecular complexity index is 855. The minimum atomic E-state index is -3.61. The van der Waals surface area contributed by atoms with Crippen molar-refractivity contribution in [2.75, 3.05) is 29.0 Å². The van der Waals surface area contributed by atoms with Crippen molar-refractivity contribution in [1.82, 2.24) is 0 Å². The molecule has 0 unspecified atom stereocenters. The summed E-state index contributed by atoms with van der Waals surface area (Å²) in [6.45, 7) is 2.06. The number of anilines is 2. The molecule has 0 saturated carbocycles. The average Bonchev–Trinajstić information content (AvgIpc) is 2.52. The number of nitrogens with one attached hydrogen (secondary N) is 1. The van der Waals surface area contributed by atoms with Crippen molar-refractivity contribution >= 4 is 43.2 Å². The molecule has 0 saturated heterocycles. The van der Waals surface area contributed by atoms with E-state index in [1.165, 1.54) is 0 Å². The van der Waals surface area contributed by atoms with Crippen LogP contribution in [0.3, 0.4) is 0 Å². The first kappa shape index (κ1) is 19.3. The van der Waals surface area contributed by atoms with E-state index >= 15 is 0 Å². The van der Waals surface area contributed by atoms with E-state index in [0.717, 1.165) is 15.0 Å². The molecule has 0 heterocycles. The van der Waals surface area contributed by atoms with E-state index in [2.05, 4.69) is 21.2 Å². The van der Waals surface area contributed by atoms with Crippen molar-refractivity contribution < 1.29 is 17.9 Å². The highest BCUT2D eigenvalue weighted by molar-refractivity contribution is 9.10. The molecule has 1 N–H and O–H groups in total. The minimum absolute atomic E-state index is 0.325. The van der Waals surface area contributed by atoms with E-state index in [1.54, 1.807) is 48.5 Å². The van der Waals surface area contributed by atoms with Gasteiger partial charge in [-0.2, -0.15) is 0 Å². The van der Waals surface area contributed by atoms with E-state index in [4.69, 9.17) is 4.74 Å². The minimum Gasteiger partial charge on any atom is -0.494 e. The van der Waals surface area contributed by atoms with Gasteiger partial charge in [-0.05, 0) is 37.3 Å². The first-order chi connectivity index (χ1) is 11.8. The molecule has 2 aromatic carbocycles. The van der Waals surface area contributed by atoms with Crippen LogP contribution in [0.4, 0.5) is 11.4 Å². The highest BCUT2D eigenvalue weighted by Crippen LogP contribution is 2.22. The van der Waals surface area contributed by atoms with Gasteiger partial charge in [-0.15, -0.1) is 0 Å². The highest BCUT2D eigenvalue weighted by Gasteiger charge is 2.21.